The molecule has 0 amide bonds. The van der Waals surface area contributed by atoms with Crippen molar-refractivity contribution in [3.8, 4) is 0 Å². The van der Waals surface area contributed by atoms with Crippen molar-refractivity contribution in [2.24, 2.45) is 0 Å². The summed E-state index contributed by atoms with van der Waals surface area (Å²) in [7, 11) is -2.95. The van der Waals surface area contributed by atoms with Gasteiger partial charge in [0.15, 0.2) is 6.29 Å². The number of rotatable bonds is 16. The topological polar surface area (TPSA) is 75.6 Å². The number of aliphatic hydroxyl groups excluding tert-OH is 1. The molecule has 8 heteroatoms. The third kappa shape index (κ3) is 8.86. The second kappa shape index (κ2) is 14.1. The predicted octanol–water partition coefficient (Wildman–Crippen LogP) is 2.13. The zero-order chi connectivity index (χ0) is 18.4. The molecule has 0 aliphatic heterocycles. The Morgan fingerprint density at radius 3 is 1.67 bits per heavy atom. The third-order valence-electron chi connectivity index (χ3n) is 3.22. The number of ether oxygens (including phenoxy) is 3. The minimum absolute atomic E-state index is 0.124. The highest BCUT2D eigenvalue weighted by atomic mass is 28.4. The van der Waals surface area contributed by atoms with Crippen molar-refractivity contribution >= 4 is 8.80 Å². The van der Waals surface area contributed by atoms with Gasteiger partial charge < -0.3 is 32.6 Å². The van der Waals surface area contributed by atoms with Gasteiger partial charge in [0, 0.05) is 26.4 Å². The lowest BCUT2D eigenvalue weighted by atomic mass is 10.4. The Balaban J connectivity index is 4.61. The predicted molar refractivity (Wildman–Crippen MR) is 93.7 cm³/mol. The summed E-state index contributed by atoms with van der Waals surface area (Å²) in [6, 6.07) is 0. The maximum atomic E-state index is 10.1. The molecule has 0 aromatic rings. The molecule has 1 N–H and O–H groups in total. The van der Waals surface area contributed by atoms with E-state index in [1.54, 1.807) is 6.92 Å². The molecule has 0 aliphatic carbocycles. The average molecular weight is 369 g/mol. The summed E-state index contributed by atoms with van der Waals surface area (Å²) in [6.07, 6.45) is -0.427. The highest BCUT2D eigenvalue weighted by Gasteiger charge is 2.49. The van der Waals surface area contributed by atoms with Crippen molar-refractivity contribution in [2.75, 3.05) is 39.6 Å². The first-order chi connectivity index (χ1) is 11.5. The van der Waals surface area contributed by atoms with E-state index in [1.165, 1.54) is 0 Å². The Hall–Kier alpha value is -0.0631. The van der Waals surface area contributed by atoms with Gasteiger partial charge in [-0.3, -0.25) is 0 Å². The Bertz CT molecular complexity index is 277. The second-order valence-electron chi connectivity index (χ2n) is 5.14. The molecule has 0 saturated heterocycles. The van der Waals surface area contributed by atoms with E-state index in [2.05, 4.69) is 0 Å². The normalized spacial score (nSPS) is 16.1. The standard InChI is InChI=1S/C16H36O7Si/c1-7-16(24(21-9-3,22-10-4)23-11-5)20-13-15(17)12-19-14(6)18-8-2/h14-17H,7-13H2,1-6H3. The molecule has 0 aliphatic rings. The van der Waals surface area contributed by atoms with E-state index >= 15 is 0 Å². The summed E-state index contributed by atoms with van der Waals surface area (Å²) in [5, 5.41) is 10.1. The van der Waals surface area contributed by atoms with Crippen LogP contribution in [0.1, 0.15) is 48.0 Å². The fourth-order valence-electron chi connectivity index (χ4n) is 2.28. The van der Waals surface area contributed by atoms with E-state index in [1.807, 2.05) is 34.6 Å². The molecule has 0 rings (SSSR count). The molecule has 0 heterocycles. The van der Waals surface area contributed by atoms with E-state index in [9.17, 15) is 5.11 Å². The summed E-state index contributed by atoms with van der Waals surface area (Å²) in [4.78, 5) is 0. The Morgan fingerprint density at radius 2 is 1.25 bits per heavy atom. The molecule has 0 saturated carbocycles. The Kier molecular flexibility index (Phi) is 14.1. The number of hydrogen-bond donors (Lipinski definition) is 1. The zero-order valence-electron chi connectivity index (χ0n) is 16.1. The first kappa shape index (κ1) is 23.9. The molecule has 3 unspecified atom stereocenters. The van der Waals surface area contributed by atoms with Crippen LogP contribution in [0, 0.1) is 0 Å². The van der Waals surface area contributed by atoms with Gasteiger partial charge in [-0.05, 0) is 41.0 Å². The fourth-order valence-corrected chi connectivity index (χ4v) is 5.10. The first-order valence-electron chi connectivity index (χ1n) is 8.94. The monoisotopic (exact) mass is 368 g/mol. The highest BCUT2D eigenvalue weighted by molar-refractivity contribution is 6.62. The molecule has 24 heavy (non-hydrogen) atoms. The summed E-state index contributed by atoms with van der Waals surface area (Å²) in [5.74, 6) is 0. The fraction of sp³-hybridized carbons (Fsp3) is 1.00. The summed E-state index contributed by atoms with van der Waals surface area (Å²) >= 11 is 0. The van der Waals surface area contributed by atoms with E-state index in [4.69, 9.17) is 27.5 Å². The second-order valence-corrected chi connectivity index (χ2v) is 7.86. The molecule has 0 bridgehead atoms. The minimum Gasteiger partial charge on any atom is -0.388 e. The van der Waals surface area contributed by atoms with E-state index in [-0.39, 0.29) is 25.2 Å². The first-order valence-corrected chi connectivity index (χ1v) is 10.7. The van der Waals surface area contributed by atoms with Crippen LogP contribution in [0.15, 0.2) is 0 Å². The van der Waals surface area contributed by atoms with Gasteiger partial charge in [-0.25, -0.2) is 0 Å². The summed E-state index contributed by atoms with van der Waals surface area (Å²) in [5.41, 5.74) is -0.323. The lowest BCUT2D eigenvalue weighted by Crippen LogP contribution is -2.58. The molecule has 0 aromatic carbocycles. The molecule has 0 aromatic heterocycles. The summed E-state index contributed by atoms with van der Waals surface area (Å²) in [6.45, 7) is 13.7. The molecule has 0 fully saturated rings. The van der Waals surface area contributed by atoms with Crippen LogP contribution < -0.4 is 0 Å². The van der Waals surface area contributed by atoms with Crippen molar-refractivity contribution < 1.29 is 32.6 Å². The van der Waals surface area contributed by atoms with Gasteiger partial charge in [0.2, 0.25) is 0 Å². The van der Waals surface area contributed by atoms with Crippen LogP contribution in [-0.4, -0.2) is 71.7 Å². The van der Waals surface area contributed by atoms with Crippen LogP contribution in [0.3, 0.4) is 0 Å². The van der Waals surface area contributed by atoms with Crippen LogP contribution in [0.2, 0.25) is 0 Å². The summed E-state index contributed by atoms with van der Waals surface area (Å²) < 4.78 is 34.1. The van der Waals surface area contributed by atoms with E-state index in [0.29, 0.717) is 32.8 Å². The van der Waals surface area contributed by atoms with Gasteiger partial charge in [0.1, 0.15) is 11.8 Å². The van der Waals surface area contributed by atoms with Crippen LogP contribution >= 0.6 is 0 Å². The van der Waals surface area contributed by atoms with Gasteiger partial charge in [0.25, 0.3) is 0 Å². The Morgan fingerprint density at radius 1 is 0.750 bits per heavy atom. The quantitative estimate of drug-likeness (QED) is 0.330. The lowest BCUT2D eigenvalue weighted by molar-refractivity contribution is -0.152. The average Bonchev–Trinajstić information content (AvgIpc) is 2.54. The molecule has 0 radical (unpaired) electrons. The maximum Gasteiger partial charge on any atom is 0.531 e. The van der Waals surface area contributed by atoms with Crippen molar-refractivity contribution in [2.45, 2.75) is 66.1 Å². The smallest absolute Gasteiger partial charge is 0.388 e. The number of aliphatic hydroxyl groups is 1. The molecule has 3 atom stereocenters. The molecule has 146 valence electrons. The minimum atomic E-state index is -2.95. The van der Waals surface area contributed by atoms with Crippen molar-refractivity contribution in [1.82, 2.24) is 0 Å². The van der Waals surface area contributed by atoms with Crippen LogP contribution in [0.5, 0.6) is 0 Å². The van der Waals surface area contributed by atoms with E-state index < -0.39 is 14.9 Å². The SMILES string of the molecule is CCOC(C)OCC(O)COC(CC)[Si](OCC)(OCC)OCC. The third-order valence-corrected chi connectivity index (χ3v) is 6.65. The molecular weight excluding hydrogens is 332 g/mol. The van der Waals surface area contributed by atoms with Gasteiger partial charge in [-0.15, -0.1) is 0 Å². The lowest BCUT2D eigenvalue weighted by Gasteiger charge is -2.34. The van der Waals surface area contributed by atoms with Crippen LogP contribution in [0.25, 0.3) is 0 Å². The van der Waals surface area contributed by atoms with Crippen molar-refractivity contribution in [3.63, 3.8) is 0 Å². The Labute approximate surface area is 147 Å². The molecule has 7 nitrogen and oxygen atoms in total. The molecular formula is C16H36O7Si. The van der Waals surface area contributed by atoms with E-state index in [0.717, 1.165) is 0 Å². The zero-order valence-corrected chi connectivity index (χ0v) is 17.1. The van der Waals surface area contributed by atoms with Gasteiger partial charge in [-0.1, -0.05) is 6.92 Å². The van der Waals surface area contributed by atoms with Gasteiger partial charge in [0.05, 0.1) is 13.2 Å². The number of hydrogen-bond acceptors (Lipinski definition) is 7. The maximum absolute atomic E-state index is 10.1. The van der Waals surface area contributed by atoms with Crippen molar-refractivity contribution in [3.05, 3.63) is 0 Å². The van der Waals surface area contributed by atoms with Crippen LogP contribution in [-0.2, 0) is 27.5 Å². The largest absolute Gasteiger partial charge is 0.531 e. The van der Waals surface area contributed by atoms with Gasteiger partial charge >= 0.3 is 8.80 Å². The van der Waals surface area contributed by atoms with Crippen LogP contribution in [0.4, 0.5) is 0 Å². The van der Waals surface area contributed by atoms with Gasteiger partial charge in [-0.2, -0.15) is 0 Å². The molecule has 0 spiro atoms. The van der Waals surface area contributed by atoms with Crippen molar-refractivity contribution in [1.29, 1.82) is 0 Å². The highest BCUT2D eigenvalue weighted by Crippen LogP contribution is 2.21.